The Morgan fingerprint density at radius 1 is 0.714 bits per heavy atom. The van der Waals surface area contributed by atoms with Crippen LogP contribution in [0.1, 0.15) is 111 Å². The monoisotopic (exact) mass is 298 g/mol. The van der Waals surface area contributed by atoms with Gasteiger partial charge in [0.25, 0.3) is 0 Å². The van der Waals surface area contributed by atoms with Crippen LogP contribution in [0.25, 0.3) is 0 Å². The summed E-state index contributed by atoms with van der Waals surface area (Å²) >= 11 is 0. The highest BCUT2D eigenvalue weighted by Gasteiger charge is 2.31. The van der Waals surface area contributed by atoms with Gasteiger partial charge in [-0.2, -0.15) is 0 Å². The predicted octanol–water partition coefficient (Wildman–Crippen LogP) is 6.58. The van der Waals surface area contributed by atoms with Crippen molar-refractivity contribution in [3.8, 4) is 0 Å². The Balaban J connectivity index is 3.75. The molecule has 2 heteroatoms. The molecule has 0 fully saturated rings. The summed E-state index contributed by atoms with van der Waals surface area (Å²) in [6.07, 6.45) is 16.6. The van der Waals surface area contributed by atoms with Gasteiger partial charge in [0.15, 0.2) is 0 Å². The van der Waals surface area contributed by atoms with E-state index in [9.17, 15) is 9.90 Å². The van der Waals surface area contributed by atoms with Gasteiger partial charge < -0.3 is 5.11 Å². The van der Waals surface area contributed by atoms with Crippen LogP contribution in [0.5, 0.6) is 0 Å². The van der Waals surface area contributed by atoms with E-state index in [4.69, 9.17) is 0 Å². The molecule has 0 saturated carbocycles. The first kappa shape index (κ1) is 20.5. The van der Waals surface area contributed by atoms with Crippen LogP contribution in [-0.4, -0.2) is 11.1 Å². The fourth-order valence-corrected chi connectivity index (χ4v) is 2.93. The third kappa shape index (κ3) is 10.8. The molecule has 2 nitrogen and oxygen atoms in total. The second kappa shape index (κ2) is 13.2. The van der Waals surface area contributed by atoms with E-state index in [0.717, 1.165) is 25.7 Å². The number of carbonyl (C=O) groups is 1. The molecule has 1 N–H and O–H groups in total. The summed E-state index contributed by atoms with van der Waals surface area (Å²) in [6.45, 7) is 6.38. The third-order valence-corrected chi connectivity index (χ3v) is 4.68. The first-order valence-corrected chi connectivity index (χ1v) is 9.30. The van der Waals surface area contributed by atoms with E-state index in [0.29, 0.717) is 0 Å². The molecule has 0 radical (unpaired) electrons. The molecular formula is C19H38O2. The van der Waals surface area contributed by atoms with E-state index in [1.807, 2.05) is 6.92 Å². The highest BCUT2D eigenvalue weighted by atomic mass is 16.4. The zero-order chi connectivity index (χ0) is 16.0. The molecule has 0 heterocycles. The molecule has 0 bridgehead atoms. The zero-order valence-electron chi connectivity index (χ0n) is 14.8. The van der Waals surface area contributed by atoms with Crippen LogP contribution in [0.2, 0.25) is 0 Å². The van der Waals surface area contributed by atoms with Crippen LogP contribution in [0.3, 0.4) is 0 Å². The van der Waals surface area contributed by atoms with Crippen LogP contribution in [-0.2, 0) is 4.79 Å². The molecule has 0 aliphatic carbocycles. The highest BCUT2D eigenvalue weighted by Crippen LogP contribution is 2.31. The van der Waals surface area contributed by atoms with Gasteiger partial charge in [0.2, 0.25) is 0 Å². The summed E-state index contributed by atoms with van der Waals surface area (Å²) in [4.78, 5) is 11.5. The molecule has 126 valence electrons. The van der Waals surface area contributed by atoms with Crippen LogP contribution < -0.4 is 0 Å². The second-order valence-electron chi connectivity index (χ2n) is 6.90. The largest absolute Gasteiger partial charge is 0.481 e. The van der Waals surface area contributed by atoms with Gasteiger partial charge in [-0.1, -0.05) is 90.9 Å². The molecular weight excluding hydrogens is 260 g/mol. The summed E-state index contributed by atoms with van der Waals surface area (Å²) in [5, 5.41) is 9.49. The molecule has 0 aliphatic rings. The minimum atomic E-state index is -0.595. The number of aliphatic carboxylic acids is 1. The molecule has 0 saturated heterocycles. The van der Waals surface area contributed by atoms with E-state index in [-0.39, 0.29) is 0 Å². The van der Waals surface area contributed by atoms with Crippen molar-refractivity contribution in [3.63, 3.8) is 0 Å². The Morgan fingerprint density at radius 2 is 1.05 bits per heavy atom. The van der Waals surface area contributed by atoms with Gasteiger partial charge in [0.05, 0.1) is 5.41 Å². The maximum Gasteiger partial charge on any atom is 0.309 e. The van der Waals surface area contributed by atoms with Gasteiger partial charge in [0.1, 0.15) is 0 Å². The molecule has 1 atom stereocenters. The van der Waals surface area contributed by atoms with Crippen LogP contribution >= 0.6 is 0 Å². The van der Waals surface area contributed by atoms with Crippen molar-refractivity contribution in [1.29, 1.82) is 0 Å². The van der Waals surface area contributed by atoms with Crippen molar-refractivity contribution >= 4 is 5.97 Å². The van der Waals surface area contributed by atoms with Gasteiger partial charge in [0, 0.05) is 0 Å². The Labute approximate surface area is 132 Å². The van der Waals surface area contributed by atoms with E-state index < -0.39 is 11.4 Å². The molecule has 0 spiro atoms. The van der Waals surface area contributed by atoms with Crippen molar-refractivity contribution in [3.05, 3.63) is 0 Å². The summed E-state index contributed by atoms with van der Waals surface area (Å²) in [6, 6.07) is 0. The summed E-state index contributed by atoms with van der Waals surface area (Å²) in [7, 11) is 0. The van der Waals surface area contributed by atoms with Gasteiger partial charge in [-0.25, -0.2) is 0 Å². The number of carboxylic acid groups (broad SMARTS) is 1. The van der Waals surface area contributed by atoms with Crippen molar-refractivity contribution in [2.24, 2.45) is 5.41 Å². The fourth-order valence-electron chi connectivity index (χ4n) is 2.93. The minimum Gasteiger partial charge on any atom is -0.481 e. The Kier molecular flexibility index (Phi) is 12.8. The Hall–Kier alpha value is -0.530. The van der Waals surface area contributed by atoms with Gasteiger partial charge in [-0.05, 0) is 19.8 Å². The molecule has 0 aliphatic heterocycles. The standard InChI is InChI=1S/C19H38O2/c1-4-6-8-10-11-12-13-15-17-19(3,18(20)21)16-14-9-7-5-2/h4-17H2,1-3H3,(H,20,21). The van der Waals surface area contributed by atoms with Crippen LogP contribution in [0, 0.1) is 5.41 Å². The smallest absolute Gasteiger partial charge is 0.309 e. The van der Waals surface area contributed by atoms with Crippen molar-refractivity contribution in [2.45, 2.75) is 111 Å². The van der Waals surface area contributed by atoms with Crippen molar-refractivity contribution in [2.75, 3.05) is 0 Å². The number of carboxylic acids is 1. The SMILES string of the molecule is CCCCCCCCCCC(C)(CCCCCC)C(=O)O. The van der Waals surface area contributed by atoms with Crippen LogP contribution in [0.4, 0.5) is 0 Å². The number of hydrogen-bond donors (Lipinski definition) is 1. The lowest BCUT2D eigenvalue weighted by molar-refractivity contribution is -0.149. The molecule has 21 heavy (non-hydrogen) atoms. The third-order valence-electron chi connectivity index (χ3n) is 4.68. The second-order valence-corrected chi connectivity index (χ2v) is 6.90. The molecule has 0 aromatic carbocycles. The molecule has 0 rings (SSSR count). The van der Waals surface area contributed by atoms with Crippen molar-refractivity contribution < 1.29 is 9.90 Å². The topological polar surface area (TPSA) is 37.3 Å². The maximum atomic E-state index is 11.5. The predicted molar refractivity (Wildman–Crippen MR) is 91.7 cm³/mol. The lowest BCUT2D eigenvalue weighted by Crippen LogP contribution is -2.27. The Bertz CT molecular complexity index is 250. The molecule has 0 aromatic heterocycles. The highest BCUT2D eigenvalue weighted by molar-refractivity contribution is 5.74. The maximum absolute atomic E-state index is 11.5. The Morgan fingerprint density at radius 3 is 1.43 bits per heavy atom. The quantitative estimate of drug-likeness (QED) is 0.347. The first-order valence-electron chi connectivity index (χ1n) is 9.30. The molecule has 1 unspecified atom stereocenters. The minimum absolute atomic E-state index is 0.490. The molecule has 0 amide bonds. The van der Waals surface area contributed by atoms with Gasteiger partial charge in [-0.15, -0.1) is 0 Å². The summed E-state index contributed by atoms with van der Waals surface area (Å²) in [5.74, 6) is -0.595. The summed E-state index contributed by atoms with van der Waals surface area (Å²) in [5.41, 5.74) is -0.490. The van der Waals surface area contributed by atoms with E-state index in [1.54, 1.807) is 0 Å². The lowest BCUT2D eigenvalue weighted by Gasteiger charge is -2.24. The van der Waals surface area contributed by atoms with E-state index >= 15 is 0 Å². The fraction of sp³-hybridized carbons (Fsp3) is 0.947. The average molecular weight is 299 g/mol. The average Bonchev–Trinajstić information content (AvgIpc) is 2.46. The number of unbranched alkanes of at least 4 members (excludes halogenated alkanes) is 10. The van der Waals surface area contributed by atoms with Crippen LogP contribution in [0.15, 0.2) is 0 Å². The van der Waals surface area contributed by atoms with Crippen molar-refractivity contribution in [1.82, 2.24) is 0 Å². The number of hydrogen-bond acceptors (Lipinski definition) is 1. The number of rotatable bonds is 15. The summed E-state index contributed by atoms with van der Waals surface area (Å²) < 4.78 is 0. The van der Waals surface area contributed by atoms with Gasteiger partial charge >= 0.3 is 5.97 Å². The van der Waals surface area contributed by atoms with E-state index in [1.165, 1.54) is 64.2 Å². The van der Waals surface area contributed by atoms with Gasteiger partial charge in [-0.3, -0.25) is 4.79 Å². The molecule has 0 aromatic rings. The zero-order valence-corrected chi connectivity index (χ0v) is 14.8. The lowest BCUT2D eigenvalue weighted by atomic mass is 9.80. The van der Waals surface area contributed by atoms with E-state index in [2.05, 4.69) is 13.8 Å². The normalized spacial score (nSPS) is 14.0. The first-order chi connectivity index (χ1) is 10.1.